The molecule has 0 atom stereocenters. The minimum atomic E-state index is -0.364. The molecule has 0 unspecified atom stereocenters. The van der Waals surface area contributed by atoms with Gasteiger partial charge in [-0.25, -0.2) is 9.37 Å². The number of nitrogens with two attached hydrogens (primary N) is 1. The maximum absolute atomic E-state index is 13.4. The van der Waals surface area contributed by atoms with Crippen LogP contribution in [0.15, 0.2) is 24.3 Å². The lowest BCUT2D eigenvalue weighted by atomic mass is 10.1. The number of halogens is 1. The zero-order valence-corrected chi connectivity index (χ0v) is 8.33. The SMILES string of the molecule is COCc1cc(N)c2cccc(F)c2n1. The summed E-state index contributed by atoms with van der Waals surface area (Å²) < 4.78 is 18.4. The number of anilines is 1. The van der Waals surface area contributed by atoms with Crippen molar-refractivity contribution in [2.75, 3.05) is 12.8 Å². The maximum Gasteiger partial charge on any atom is 0.149 e. The number of pyridine rings is 1. The van der Waals surface area contributed by atoms with Crippen LogP contribution in [0.25, 0.3) is 10.9 Å². The van der Waals surface area contributed by atoms with Crippen LogP contribution in [0.1, 0.15) is 5.69 Å². The summed E-state index contributed by atoms with van der Waals surface area (Å²) in [6.07, 6.45) is 0. The van der Waals surface area contributed by atoms with Crippen molar-refractivity contribution < 1.29 is 9.13 Å². The third-order valence-corrected chi connectivity index (χ3v) is 2.17. The van der Waals surface area contributed by atoms with Crippen molar-refractivity contribution in [2.45, 2.75) is 6.61 Å². The summed E-state index contributed by atoms with van der Waals surface area (Å²) in [5.74, 6) is -0.364. The molecule has 0 spiro atoms. The summed E-state index contributed by atoms with van der Waals surface area (Å²) in [5, 5.41) is 0.634. The van der Waals surface area contributed by atoms with Gasteiger partial charge in [-0.1, -0.05) is 12.1 Å². The molecule has 0 aliphatic heterocycles. The zero-order chi connectivity index (χ0) is 10.8. The van der Waals surface area contributed by atoms with Gasteiger partial charge in [0, 0.05) is 18.2 Å². The molecule has 0 amide bonds. The van der Waals surface area contributed by atoms with Crippen LogP contribution in [0.2, 0.25) is 0 Å². The molecular weight excluding hydrogens is 195 g/mol. The van der Waals surface area contributed by atoms with E-state index in [1.54, 1.807) is 25.3 Å². The Bertz CT molecular complexity index is 499. The summed E-state index contributed by atoms with van der Waals surface area (Å²) in [7, 11) is 1.56. The van der Waals surface area contributed by atoms with E-state index < -0.39 is 0 Å². The number of nitrogen functional groups attached to an aromatic ring is 1. The van der Waals surface area contributed by atoms with E-state index in [1.807, 2.05) is 0 Å². The second kappa shape index (κ2) is 3.82. The highest BCUT2D eigenvalue weighted by Gasteiger charge is 2.06. The van der Waals surface area contributed by atoms with Crippen LogP contribution < -0.4 is 5.73 Å². The number of fused-ring (bicyclic) bond motifs is 1. The first kappa shape index (κ1) is 9.86. The molecular formula is C11H11FN2O. The lowest BCUT2D eigenvalue weighted by Gasteiger charge is -2.05. The van der Waals surface area contributed by atoms with E-state index in [0.717, 1.165) is 0 Å². The van der Waals surface area contributed by atoms with Gasteiger partial charge in [-0.05, 0) is 12.1 Å². The predicted molar refractivity (Wildman–Crippen MR) is 56.8 cm³/mol. The summed E-state index contributed by atoms with van der Waals surface area (Å²) in [6, 6.07) is 6.43. The van der Waals surface area contributed by atoms with Crippen LogP contribution in [0.3, 0.4) is 0 Å². The molecule has 0 fully saturated rings. The summed E-state index contributed by atoms with van der Waals surface area (Å²) >= 11 is 0. The van der Waals surface area contributed by atoms with E-state index in [-0.39, 0.29) is 5.82 Å². The summed E-state index contributed by atoms with van der Waals surface area (Å²) in [6.45, 7) is 0.328. The molecule has 4 heteroatoms. The molecule has 1 aromatic heterocycles. The minimum Gasteiger partial charge on any atom is -0.398 e. The smallest absolute Gasteiger partial charge is 0.149 e. The van der Waals surface area contributed by atoms with Crippen molar-refractivity contribution in [3.63, 3.8) is 0 Å². The number of benzene rings is 1. The highest BCUT2D eigenvalue weighted by molar-refractivity contribution is 5.90. The van der Waals surface area contributed by atoms with Gasteiger partial charge in [-0.2, -0.15) is 0 Å². The van der Waals surface area contributed by atoms with Gasteiger partial charge >= 0.3 is 0 Å². The molecule has 0 aliphatic carbocycles. The Labute approximate surface area is 86.7 Å². The number of para-hydroxylation sites is 1. The van der Waals surface area contributed by atoms with E-state index in [0.29, 0.717) is 28.9 Å². The molecule has 78 valence electrons. The van der Waals surface area contributed by atoms with Crippen LogP contribution in [-0.2, 0) is 11.3 Å². The Hall–Kier alpha value is -1.68. The number of hydrogen-bond donors (Lipinski definition) is 1. The van der Waals surface area contributed by atoms with Crippen molar-refractivity contribution in [3.05, 3.63) is 35.8 Å². The van der Waals surface area contributed by atoms with E-state index >= 15 is 0 Å². The van der Waals surface area contributed by atoms with Crippen molar-refractivity contribution in [1.29, 1.82) is 0 Å². The largest absolute Gasteiger partial charge is 0.398 e. The molecule has 0 saturated heterocycles. The van der Waals surface area contributed by atoms with Crippen LogP contribution in [0, 0.1) is 5.82 Å². The third-order valence-electron chi connectivity index (χ3n) is 2.17. The number of nitrogens with zero attached hydrogens (tertiary/aromatic N) is 1. The average Bonchev–Trinajstić information content (AvgIpc) is 2.20. The Morgan fingerprint density at radius 1 is 1.47 bits per heavy atom. The highest BCUT2D eigenvalue weighted by Crippen LogP contribution is 2.22. The molecule has 0 bridgehead atoms. The monoisotopic (exact) mass is 206 g/mol. The van der Waals surface area contributed by atoms with Crippen LogP contribution in [0.4, 0.5) is 10.1 Å². The molecule has 15 heavy (non-hydrogen) atoms. The zero-order valence-electron chi connectivity index (χ0n) is 8.33. The predicted octanol–water partition coefficient (Wildman–Crippen LogP) is 2.10. The lowest BCUT2D eigenvalue weighted by Crippen LogP contribution is -1.98. The fourth-order valence-corrected chi connectivity index (χ4v) is 1.52. The number of hydrogen-bond acceptors (Lipinski definition) is 3. The lowest BCUT2D eigenvalue weighted by molar-refractivity contribution is 0.182. The fraction of sp³-hybridized carbons (Fsp3) is 0.182. The molecule has 2 aromatic rings. The molecule has 2 rings (SSSR count). The second-order valence-corrected chi connectivity index (χ2v) is 3.27. The van der Waals surface area contributed by atoms with E-state index in [1.165, 1.54) is 6.07 Å². The van der Waals surface area contributed by atoms with Gasteiger partial charge in [0.25, 0.3) is 0 Å². The quantitative estimate of drug-likeness (QED) is 0.818. The van der Waals surface area contributed by atoms with Gasteiger partial charge in [0.2, 0.25) is 0 Å². The van der Waals surface area contributed by atoms with Crippen LogP contribution >= 0.6 is 0 Å². The molecule has 1 heterocycles. The first-order valence-electron chi connectivity index (χ1n) is 4.55. The normalized spacial score (nSPS) is 10.8. The Balaban J connectivity index is 2.68. The highest BCUT2D eigenvalue weighted by atomic mass is 19.1. The van der Waals surface area contributed by atoms with Gasteiger partial charge in [0.15, 0.2) is 0 Å². The number of methoxy groups -OCH3 is 1. The van der Waals surface area contributed by atoms with E-state index in [9.17, 15) is 4.39 Å². The van der Waals surface area contributed by atoms with Crippen molar-refractivity contribution in [1.82, 2.24) is 4.98 Å². The number of rotatable bonds is 2. The van der Waals surface area contributed by atoms with E-state index in [2.05, 4.69) is 4.98 Å². The van der Waals surface area contributed by atoms with Crippen molar-refractivity contribution in [2.24, 2.45) is 0 Å². The molecule has 0 radical (unpaired) electrons. The molecule has 2 N–H and O–H groups in total. The first-order valence-corrected chi connectivity index (χ1v) is 4.55. The maximum atomic E-state index is 13.4. The van der Waals surface area contributed by atoms with Crippen molar-refractivity contribution >= 4 is 16.6 Å². The van der Waals surface area contributed by atoms with Crippen LogP contribution in [-0.4, -0.2) is 12.1 Å². The third kappa shape index (κ3) is 1.76. The molecule has 3 nitrogen and oxygen atoms in total. The summed E-state index contributed by atoms with van der Waals surface area (Å²) in [4.78, 5) is 4.15. The standard InChI is InChI=1S/C11H11FN2O/c1-15-6-7-5-10(13)8-3-2-4-9(12)11(8)14-7/h2-5H,6H2,1H3,(H2,13,14). The molecule has 0 aliphatic rings. The van der Waals surface area contributed by atoms with Gasteiger partial charge in [0.1, 0.15) is 11.3 Å². The minimum absolute atomic E-state index is 0.296. The molecule has 1 aromatic carbocycles. The fourth-order valence-electron chi connectivity index (χ4n) is 1.52. The average molecular weight is 206 g/mol. The number of aromatic nitrogens is 1. The Kier molecular flexibility index (Phi) is 2.51. The van der Waals surface area contributed by atoms with Gasteiger partial charge < -0.3 is 10.5 Å². The summed E-state index contributed by atoms with van der Waals surface area (Å²) in [5.41, 5.74) is 7.24. The topological polar surface area (TPSA) is 48.1 Å². The Morgan fingerprint density at radius 3 is 3.00 bits per heavy atom. The van der Waals surface area contributed by atoms with Gasteiger partial charge in [-0.3, -0.25) is 0 Å². The first-order chi connectivity index (χ1) is 7.22. The molecule has 0 saturated carbocycles. The van der Waals surface area contributed by atoms with E-state index in [4.69, 9.17) is 10.5 Å². The van der Waals surface area contributed by atoms with Crippen molar-refractivity contribution in [3.8, 4) is 0 Å². The van der Waals surface area contributed by atoms with Gasteiger partial charge in [0.05, 0.1) is 12.3 Å². The Morgan fingerprint density at radius 2 is 2.27 bits per heavy atom. The second-order valence-electron chi connectivity index (χ2n) is 3.27. The van der Waals surface area contributed by atoms with Crippen LogP contribution in [0.5, 0.6) is 0 Å². The van der Waals surface area contributed by atoms with Gasteiger partial charge in [-0.15, -0.1) is 0 Å². The number of ether oxygens (including phenoxy) is 1.